The molecule has 0 spiro atoms. The number of amides is 2. The number of hydrogen-bond donors (Lipinski definition) is 3. The van der Waals surface area contributed by atoms with E-state index in [1.54, 1.807) is 4.90 Å². The maximum atomic E-state index is 12.2. The number of nitrogens with zero attached hydrogens (tertiary/aromatic N) is 1. The summed E-state index contributed by atoms with van der Waals surface area (Å²) in [4.78, 5) is 25.1. The molecule has 3 N–H and O–H groups in total. The van der Waals surface area contributed by atoms with Crippen LogP contribution in [0.3, 0.4) is 0 Å². The fraction of sp³-hybridized carbons (Fsp3) is 0.385. The molecule has 2 amide bonds. The Hall–Kier alpha value is -1.50. The van der Waals surface area contributed by atoms with Gasteiger partial charge in [-0.2, -0.15) is 0 Å². The molecule has 1 fully saturated rings. The molecule has 0 unspecified atom stereocenters. The number of urea groups is 1. The van der Waals surface area contributed by atoms with Crippen LogP contribution in [0.15, 0.2) is 12.1 Å². The first-order valence-electron chi connectivity index (χ1n) is 6.48. The molecule has 21 heavy (non-hydrogen) atoms. The fourth-order valence-corrected chi connectivity index (χ4v) is 2.64. The van der Waals surface area contributed by atoms with Crippen LogP contribution in [0.1, 0.15) is 16.8 Å². The lowest BCUT2D eigenvalue weighted by Crippen LogP contribution is -2.37. The van der Waals surface area contributed by atoms with Gasteiger partial charge in [-0.25, -0.2) is 9.59 Å². The number of aromatic carboxylic acids is 1. The van der Waals surface area contributed by atoms with Gasteiger partial charge in [0.25, 0.3) is 0 Å². The zero-order valence-corrected chi connectivity index (χ0v) is 12.7. The molecule has 114 valence electrons. The van der Waals surface area contributed by atoms with Crippen molar-refractivity contribution < 1.29 is 14.7 Å². The molecular formula is C13H15Cl2N3O3. The Morgan fingerprint density at radius 1 is 1.24 bits per heavy atom. The number of halogens is 2. The molecule has 0 bridgehead atoms. The third-order valence-electron chi connectivity index (χ3n) is 3.14. The monoisotopic (exact) mass is 331 g/mol. The van der Waals surface area contributed by atoms with E-state index in [4.69, 9.17) is 23.2 Å². The van der Waals surface area contributed by atoms with Gasteiger partial charge in [-0.1, -0.05) is 23.2 Å². The highest BCUT2D eigenvalue weighted by molar-refractivity contribution is 6.37. The van der Waals surface area contributed by atoms with Gasteiger partial charge in [0.15, 0.2) is 0 Å². The highest BCUT2D eigenvalue weighted by Crippen LogP contribution is 2.30. The molecule has 1 heterocycles. The van der Waals surface area contributed by atoms with Crippen LogP contribution in [-0.2, 0) is 0 Å². The second kappa shape index (κ2) is 6.98. The van der Waals surface area contributed by atoms with Crippen LogP contribution >= 0.6 is 23.2 Å². The average molecular weight is 332 g/mol. The number of carbonyl (C=O) groups is 2. The third-order valence-corrected chi connectivity index (χ3v) is 3.66. The van der Waals surface area contributed by atoms with E-state index in [9.17, 15) is 14.7 Å². The van der Waals surface area contributed by atoms with Crippen LogP contribution in [-0.4, -0.2) is 48.2 Å². The summed E-state index contributed by atoms with van der Waals surface area (Å²) in [6.45, 7) is 2.71. The predicted octanol–water partition coefficient (Wildman–Crippen LogP) is 2.52. The number of nitrogens with one attached hydrogen (secondary N) is 2. The van der Waals surface area contributed by atoms with Gasteiger partial charge >= 0.3 is 12.0 Å². The quantitative estimate of drug-likeness (QED) is 0.777. The smallest absolute Gasteiger partial charge is 0.337 e. The van der Waals surface area contributed by atoms with E-state index in [1.807, 2.05) is 0 Å². The minimum absolute atomic E-state index is 0.0655. The van der Waals surface area contributed by atoms with Crippen molar-refractivity contribution in [3.05, 3.63) is 27.7 Å². The Morgan fingerprint density at radius 2 is 2.00 bits per heavy atom. The molecule has 8 heteroatoms. The first-order chi connectivity index (χ1) is 9.99. The largest absolute Gasteiger partial charge is 0.478 e. The Morgan fingerprint density at radius 3 is 2.71 bits per heavy atom. The Labute approximate surface area is 132 Å². The molecule has 6 nitrogen and oxygen atoms in total. The summed E-state index contributed by atoms with van der Waals surface area (Å²) in [6.07, 6.45) is 0.841. The van der Waals surface area contributed by atoms with Crippen molar-refractivity contribution >= 4 is 40.9 Å². The van der Waals surface area contributed by atoms with Gasteiger partial charge in [-0.05, 0) is 25.1 Å². The summed E-state index contributed by atoms with van der Waals surface area (Å²) in [5.74, 6) is -1.20. The molecular weight excluding hydrogens is 317 g/mol. The first kappa shape index (κ1) is 15.9. The van der Waals surface area contributed by atoms with E-state index in [1.165, 1.54) is 12.1 Å². The SMILES string of the molecule is O=C(O)c1cc(Cl)cc(Cl)c1NC(=O)N1CCCNCC1. The minimum atomic E-state index is -1.20. The van der Waals surface area contributed by atoms with Crippen LogP contribution in [0.25, 0.3) is 0 Å². The number of carbonyl (C=O) groups excluding carboxylic acids is 1. The van der Waals surface area contributed by atoms with Crippen molar-refractivity contribution in [3.63, 3.8) is 0 Å². The second-order valence-electron chi connectivity index (χ2n) is 4.64. The van der Waals surface area contributed by atoms with Gasteiger partial charge in [-0.15, -0.1) is 0 Å². The molecule has 0 aliphatic carbocycles. The third kappa shape index (κ3) is 4.00. The van der Waals surface area contributed by atoms with Crippen molar-refractivity contribution in [2.24, 2.45) is 0 Å². The number of anilines is 1. The summed E-state index contributed by atoms with van der Waals surface area (Å²) in [7, 11) is 0. The molecule has 1 aliphatic rings. The number of carboxylic acids is 1. The number of benzene rings is 1. The van der Waals surface area contributed by atoms with Gasteiger partial charge in [0.1, 0.15) is 0 Å². The maximum absolute atomic E-state index is 12.2. The van der Waals surface area contributed by atoms with Gasteiger partial charge < -0.3 is 20.6 Å². The van der Waals surface area contributed by atoms with E-state index in [-0.39, 0.29) is 27.3 Å². The van der Waals surface area contributed by atoms with Gasteiger partial charge in [0, 0.05) is 24.7 Å². The van der Waals surface area contributed by atoms with Crippen molar-refractivity contribution in [2.45, 2.75) is 6.42 Å². The van der Waals surface area contributed by atoms with E-state index in [0.29, 0.717) is 19.6 Å². The van der Waals surface area contributed by atoms with Crippen LogP contribution in [0, 0.1) is 0 Å². The predicted molar refractivity (Wildman–Crippen MR) is 81.5 cm³/mol. The van der Waals surface area contributed by atoms with E-state index in [2.05, 4.69) is 10.6 Å². The number of carboxylic acid groups (broad SMARTS) is 1. The van der Waals surface area contributed by atoms with Crippen molar-refractivity contribution in [3.8, 4) is 0 Å². The van der Waals surface area contributed by atoms with E-state index in [0.717, 1.165) is 13.0 Å². The zero-order chi connectivity index (χ0) is 15.4. The summed E-state index contributed by atoms with van der Waals surface area (Å²) < 4.78 is 0. The average Bonchev–Trinajstić information content (AvgIpc) is 2.70. The minimum Gasteiger partial charge on any atom is -0.478 e. The highest BCUT2D eigenvalue weighted by atomic mass is 35.5. The number of rotatable bonds is 2. The summed E-state index contributed by atoms with van der Waals surface area (Å²) in [6, 6.07) is 2.29. The highest BCUT2D eigenvalue weighted by Gasteiger charge is 2.21. The molecule has 1 saturated heterocycles. The van der Waals surface area contributed by atoms with Crippen LogP contribution in [0.2, 0.25) is 10.0 Å². The number of hydrogen-bond acceptors (Lipinski definition) is 3. The summed E-state index contributed by atoms with van der Waals surface area (Å²) in [5, 5.41) is 15.2. The Kier molecular flexibility index (Phi) is 5.27. The second-order valence-corrected chi connectivity index (χ2v) is 5.48. The standard InChI is InChI=1S/C13H15Cl2N3O3/c14-8-6-9(12(19)20)11(10(15)7-8)17-13(21)18-4-1-2-16-3-5-18/h6-7,16H,1-5H2,(H,17,21)(H,19,20). The molecule has 0 radical (unpaired) electrons. The Balaban J connectivity index is 2.22. The molecule has 2 rings (SSSR count). The molecule has 1 aromatic carbocycles. The van der Waals surface area contributed by atoms with Gasteiger partial charge in [0.2, 0.25) is 0 Å². The normalized spacial score (nSPS) is 15.4. The molecule has 1 aliphatic heterocycles. The van der Waals surface area contributed by atoms with Gasteiger partial charge in [-0.3, -0.25) is 0 Å². The summed E-state index contributed by atoms with van der Waals surface area (Å²) >= 11 is 11.8. The molecule has 1 aromatic rings. The lowest BCUT2D eigenvalue weighted by molar-refractivity contribution is 0.0698. The van der Waals surface area contributed by atoms with Crippen LogP contribution in [0.4, 0.5) is 10.5 Å². The van der Waals surface area contributed by atoms with E-state index >= 15 is 0 Å². The van der Waals surface area contributed by atoms with Gasteiger partial charge in [0.05, 0.1) is 16.3 Å². The van der Waals surface area contributed by atoms with Crippen LogP contribution in [0.5, 0.6) is 0 Å². The zero-order valence-electron chi connectivity index (χ0n) is 11.2. The lowest BCUT2D eigenvalue weighted by Gasteiger charge is -2.21. The van der Waals surface area contributed by atoms with Crippen molar-refractivity contribution in [1.29, 1.82) is 0 Å². The Bertz CT molecular complexity index is 558. The molecule has 0 atom stereocenters. The van der Waals surface area contributed by atoms with Crippen LogP contribution < -0.4 is 10.6 Å². The van der Waals surface area contributed by atoms with Crippen molar-refractivity contribution in [1.82, 2.24) is 10.2 Å². The maximum Gasteiger partial charge on any atom is 0.337 e. The fourth-order valence-electron chi connectivity index (χ4n) is 2.10. The van der Waals surface area contributed by atoms with E-state index < -0.39 is 5.97 Å². The topological polar surface area (TPSA) is 81.7 Å². The summed E-state index contributed by atoms with van der Waals surface area (Å²) in [5.41, 5.74) is -0.0652. The van der Waals surface area contributed by atoms with Crippen molar-refractivity contribution in [2.75, 3.05) is 31.5 Å². The lowest BCUT2D eigenvalue weighted by atomic mass is 10.2. The first-order valence-corrected chi connectivity index (χ1v) is 7.23. The molecule has 0 saturated carbocycles. The molecule has 0 aromatic heterocycles.